The van der Waals surface area contributed by atoms with Gasteiger partial charge in [0.25, 0.3) is 0 Å². The highest BCUT2D eigenvalue weighted by atomic mass is 16.5. The Morgan fingerprint density at radius 3 is 1.98 bits per heavy atom. The van der Waals surface area contributed by atoms with Crippen molar-refractivity contribution in [3.05, 3.63) is 65.7 Å². The summed E-state index contributed by atoms with van der Waals surface area (Å²) in [5.74, 6) is 0.934. The number of esters is 1. The van der Waals surface area contributed by atoms with Gasteiger partial charge in [-0.15, -0.1) is 0 Å². The Morgan fingerprint density at radius 1 is 0.700 bits per heavy atom. The number of rotatable bonds is 23. The Hall–Kier alpha value is -2.33. The van der Waals surface area contributed by atoms with E-state index >= 15 is 0 Å². The lowest BCUT2D eigenvalue weighted by atomic mass is 10.0. The minimum Gasteiger partial charge on any atom is -0.493 e. The third-order valence-electron chi connectivity index (χ3n) is 7.92. The summed E-state index contributed by atoms with van der Waals surface area (Å²) < 4.78 is 12.5. The van der Waals surface area contributed by atoms with Gasteiger partial charge in [0.2, 0.25) is 0 Å². The number of likely N-dealkylation sites (N-methyl/N-ethyl adjacent to an activating group) is 1. The summed E-state index contributed by atoms with van der Waals surface area (Å²) in [6.07, 6.45) is 18.1. The van der Waals surface area contributed by atoms with Crippen molar-refractivity contribution in [1.82, 2.24) is 0 Å². The van der Waals surface area contributed by atoms with Crippen molar-refractivity contribution in [2.45, 2.75) is 123 Å². The van der Waals surface area contributed by atoms with Crippen LogP contribution in [0, 0.1) is 0 Å². The number of benzene rings is 2. The number of hydrogen-bond donors (Lipinski definition) is 0. The van der Waals surface area contributed by atoms with Gasteiger partial charge in [-0.3, -0.25) is 0 Å². The number of aryl methyl sites for hydroxylation is 1. The fourth-order valence-corrected chi connectivity index (χ4v) is 5.50. The Kier molecular flexibility index (Phi) is 17.4. The fraction of sp³-hybridized carbons (Fsp3) is 0.639. The van der Waals surface area contributed by atoms with Crippen LogP contribution < -0.4 is 4.74 Å². The molecule has 0 aliphatic carbocycles. The van der Waals surface area contributed by atoms with E-state index in [1.807, 2.05) is 6.07 Å². The Morgan fingerprint density at radius 2 is 1.30 bits per heavy atom. The molecule has 0 aromatic heterocycles. The first-order chi connectivity index (χ1) is 19.5. The van der Waals surface area contributed by atoms with Gasteiger partial charge in [-0.25, -0.2) is 4.79 Å². The maximum Gasteiger partial charge on any atom is 0.364 e. The molecule has 0 fully saturated rings. The lowest BCUT2D eigenvalue weighted by Gasteiger charge is -2.36. The van der Waals surface area contributed by atoms with Crippen LogP contribution in [-0.4, -0.2) is 43.8 Å². The minimum atomic E-state index is -0.154. The lowest BCUT2D eigenvalue weighted by Crippen LogP contribution is -2.52. The molecule has 2 rings (SSSR count). The van der Waals surface area contributed by atoms with E-state index in [9.17, 15) is 4.79 Å². The van der Waals surface area contributed by atoms with E-state index in [-0.39, 0.29) is 12.0 Å². The van der Waals surface area contributed by atoms with Gasteiger partial charge < -0.3 is 14.0 Å². The quantitative estimate of drug-likeness (QED) is 0.0783. The normalized spacial score (nSPS) is 12.3. The summed E-state index contributed by atoms with van der Waals surface area (Å²) in [4.78, 5) is 13.0. The summed E-state index contributed by atoms with van der Waals surface area (Å²) in [5, 5.41) is 0. The molecule has 0 aliphatic heterocycles. The highest BCUT2D eigenvalue weighted by Gasteiger charge is 2.35. The highest BCUT2D eigenvalue weighted by Crippen LogP contribution is 2.22. The first-order valence-corrected chi connectivity index (χ1v) is 16.2. The minimum absolute atomic E-state index is 0.0782. The molecular weight excluding hydrogens is 494 g/mol. The molecule has 0 heterocycles. The number of carbonyl (C=O) groups is 1. The van der Waals surface area contributed by atoms with Gasteiger partial charge in [0, 0.05) is 12.0 Å². The zero-order chi connectivity index (χ0) is 28.9. The van der Waals surface area contributed by atoms with Crippen molar-refractivity contribution in [2.24, 2.45) is 0 Å². The predicted octanol–water partition coefficient (Wildman–Crippen LogP) is 9.30. The number of para-hydroxylation sites is 1. The monoisotopic (exact) mass is 552 g/mol. The molecule has 0 radical (unpaired) electrons. The van der Waals surface area contributed by atoms with Crippen LogP contribution in [0.25, 0.3) is 0 Å². The van der Waals surface area contributed by atoms with Gasteiger partial charge in [-0.1, -0.05) is 120 Å². The van der Waals surface area contributed by atoms with E-state index in [2.05, 4.69) is 76.5 Å². The van der Waals surface area contributed by atoms with Crippen molar-refractivity contribution in [1.29, 1.82) is 0 Å². The van der Waals surface area contributed by atoms with E-state index in [4.69, 9.17) is 9.47 Å². The van der Waals surface area contributed by atoms with Gasteiger partial charge in [-0.05, 0) is 43.7 Å². The summed E-state index contributed by atoms with van der Waals surface area (Å²) in [6, 6.07) is 18.7. The van der Waals surface area contributed by atoms with Crippen LogP contribution in [-0.2, 0) is 22.5 Å². The van der Waals surface area contributed by atoms with Gasteiger partial charge in [0.15, 0.2) is 6.04 Å². The molecule has 2 aromatic rings. The zero-order valence-electron chi connectivity index (χ0n) is 26.2. The van der Waals surface area contributed by atoms with Crippen LogP contribution in [0.2, 0.25) is 0 Å². The van der Waals surface area contributed by atoms with Gasteiger partial charge in [0.05, 0.1) is 27.3 Å². The van der Waals surface area contributed by atoms with Crippen LogP contribution in [0.5, 0.6) is 5.75 Å². The molecule has 0 N–H and O–H groups in total. The number of ether oxygens (including phenoxy) is 2. The third kappa shape index (κ3) is 13.8. The van der Waals surface area contributed by atoms with Gasteiger partial charge in [-0.2, -0.15) is 0 Å². The van der Waals surface area contributed by atoms with Crippen LogP contribution in [0.15, 0.2) is 54.6 Å². The van der Waals surface area contributed by atoms with Crippen molar-refractivity contribution in [3.8, 4) is 5.75 Å². The number of carbonyl (C=O) groups excluding carboxylic acids is 1. The number of nitrogens with zero attached hydrogens (tertiary/aromatic N) is 1. The maximum absolute atomic E-state index is 13.0. The zero-order valence-corrected chi connectivity index (χ0v) is 26.2. The highest BCUT2D eigenvalue weighted by molar-refractivity contribution is 5.74. The van der Waals surface area contributed by atoms with Crippen LogP contribution in [0.3, 0.4) is 0 Å². The molecule has 224 valence electrons. The second kappa shape index (κ2) is 20.5. The largest absolute Gasteiger partial charge is 0.493 e. The SMILES string of the molecule is CCCCCCCCCCCCc1ccccc1OCCCCOC(=O)C(CCC)[N+](C)(C)Cc1ccccc1. The van der Waals surface area contributed by atoms with Gasteiger partial charge >= 0.3 is 5.97 Å². The number of quaternary nitrogens is 1. The third-order valence-corrected chi connectivity index (χ3v) is 7.92. The Bertz CT molecular complexity index is 911. The second-order valence-electron chi connectivity index (χ2n) is 12.0. The molecule has 1 unspecified atom stereocenters. The van der Waals surface area contributed by atoms with E-state index in [1.54, 1.807) is 0 Å². The smallest absolute Gasteiger partial charge is 0.364 e. The molecule has 4 heteroatoms. The molecule has 2 aromatic carbocycles. The van der Waals surface area contributed by atoms with Crippen LogP contribution in [0.1, 0.15) is 115 Å². The molecule has 0 bridgehead atoms. The molecule has 0 aliphatic rings. The summed E-state index contributed by atoms with van der Waals surface area (Å²) in [7, 11) is 4.27. The van der Waals surface area contributed by atoms with Crippen LogP contribution >= 0.6 is 0 Å². The first-order valence-electron chi connectivity index (χ1n) is 16.2. The first kappa shape index (κ1) is 33.9. The topological polar surface area (TPSA) is 35.5 Å². The molecule has 0 spiro atoms. The van der Waals surface area contributed by atoms with Crippen molar-refractivity contribution >= 4 is 5.97 Å². The molecule has 4 nitrogen and oxygen atoms in total. The Labute approximate surface area is 246 Å². The molecule has 0 saturated carbocycles. The Balaban J connectivity index is 1.64. The fourth-order valence-electron chi connectivity index (χ4n) is 5.50. The van der Waals surface area contributed by atoms with Crippen molar-refractivity contribution < 1.29 is 18.8 Å². The number of unbranched alkanes of at least 4 members (excludes halogenated alkanes) is 10. The summed E-state index contributed by atoms with van der Waals surface area (Å²) in [6.45, 7) is 6.33. The van der Waals surface area contributed by atoms with Crippen LogP contribution in [0.4, 0.5) is 0 Å². The lowest BCUT2D eigenvalue weighted by molar-refractivity contribution is -0.920. The van der Waals surface area contributed by atoms with Gasteiger partial charge in [0.1, 0.15) is 12.3 Å². The summed E-state index contributed by atoms with van der Waals surface area (Å²) in [5.41, 5.74) is 2.56. The van der Waals surface area contributed by atoms with E-state index < -0.39 is 0 Å². The summed E-state index contributed by atoms with van der Waals surface area (Å²) >= 11 is 0. The standard InChI is InChI=1S/C36H58NO3/c1-5-7-8-9-10-11-12-13-14-18-26-33-27-19-20-28-35(33)39-29-21-22-30-40-36(38)34(23-6-2)37(3,4)31-32-24-16-15-17-25-32/h15-17,19-20,24-25,27-28,34H,5-14,18,21-23,26,29-31H2,1-4H3/q+1. The van der Waals surface area contributed by atoms with Crippen molar-refractivity contribution in [3.63, 3.8) is 0 Å². The van der Waals surface area contributed by atoms with Crippen molar-refractivity contribution in [2.75, 3.05) is 27.3 Å². The molecular formula is C36H58NO3+. The average Bonchev–Trinajstić information content (AvgIpc) is 2.95. The molecule has 40 heavy (non-hydrogen) atoms. The van der Waals surface area contributed by atoms with E-state index in [1.165, 1.54) is 75.3 Å². The molecule has 0 amide bonds. The molecule has 1 atom stereocenters. The maximum atomic E-state index is 13.0. The number of hydrogen-bond acceptors (Lipinski definition) is 3. The average molecular weight is 553 g/mol. The van der Waals surface area contributed by atoms with E-state index in [0.717, 1.165) is 44.4 Å². The molecule has 0 saturated heterocycles. The second-order valence-corrected chi connectivity index (χ2v) is 12.0. The predicted molar refractivity (Wildman–Crippen MR) is 169 cm³/mol. The van der Waals surface area contributed by atoms with E-state index in [0.29, 0.717) is 17.7 Å².